The summed E-state index contributed by atoms with van der Waals surface area (Å²) in [5, 5.41) is 18.4. The van der Waals surface area contributed by atoms with E-state index in [1.165, 1.54) is 0 Å². The monoisotopic (exact) mass is 305 g/mol. The number of rotatable bonds is 12. The van der Waals surface area contributed by atoms with Gasteiger partial charge in [-0.05, 0) is 30.8 Å². The van der Waals surface area contributed by atoms with Crippen molar-refractivity contribution in [1.82, 2.24) is 4.90 Å². The predicted molar refractivity (Wildman–Crippen MR) is 82.5 cm³/mol. The van der Waals surface area contributed by atoms with E-state index >= 15 is 0 Å². The molecule has 0 heterocycles. The van der Waals surface area contributed by atoms with Crippen LogP contribution in [0.4, 0.5) is 4.79 Å². The maximum absolute atomic E-state index is 11.3. The Morgan fingerprint density at radius 3 is 2.20 bits per heavy atom. The van der Waals surface area contributed by atoms with Crippen molar-refractivity contribution in [3.8, 4) is 0 Å². The molecule has 1 atom stereocenters. The smallest absolute Gasteiger partial charge is 0.408 e. The summed E-state index contributed by atoms with van der Waals surface area (Å²) in [6.45, 7) is 4.45. The average Bonchev–Trinajstić information content (AvgIpc) is 2.39. The standard InChI is InChI=1S/C14H27NO4S/c1-3-5-7-9-15(14(18)19)12(13(16)17)8-11-20-10-6-4-2/h12H,3-11H2,1-2H3,(H,16,17)(H,18,19). The van der Waals surface area contributed by atoms with Gasteiger partial charge < -0.3 is 10.2 Å². The molecule has 1 amide bonds. The largest absolute Gasteiger partial charge is 0.480 e. The van der Waals surface area contributed by atoms with Crippen molar-refractivity contribution in [3.63, 3.8) is 0 Å². The van der Waals surface area contributed by atoms with E-state index in [9.17, 15) is 19.8 Å². The minimum Gasteiger partial charge on any atom is -0.480 e. The van der Waals surface area contributed by atoms with Crippen LogP contribution in [0, 0.1) is 0 Å². The topological polar surface area (TPSA) is 77.8 Å². The number of carboxylic acids is 1. The highest BCUT2D eigenvalue weighted by Gasteiger charge is 2.28. The molecule has 0 bridgehead atoms. The summed E-state index contributed by atoms with van der Waals surface area (Å²) in [5.41, 5.74) is 0. The molecule has 1 unspecified atom stereocenters. The summed E-state index contributed by atoms with van der Waals surface area (Å²) in [5.74, 6) is 0.653. The van der Waals surface area contributed by atoms with Crippen LogP contribution in [0.5, 0.6) is 0 Å². The van der Waals surface area contributed by atoms with Gasteiger partial charge in [0.25, 0.3) is 0 Å². The zero-order valence-corrected chi connectivity index (χ0v) is 13.3. The van der Waals surface area contributed by atoms with Gasteiger partial charge in [-0.15, -0.1) is 0 Å². The Hall–Kier alpha value is -0.910. The molecule has 0 aliphatic heterocycles. The van der Waals surface area contributed by atoms with Crippen molar-refractivity contribution in [2.24, 2.45) is 0 Å². The fraction of sp³-hybridized carbons (Fsp3) is 0.857. The molecule has 0 aromatic carbocycles. The van der Waals surface area contributed by atoms with E-state index in [-0.39, 0.29) is 0 Å². The first-order chi connectivity index (χ1) is 9.54. The SMILES string of the molecule is CCCCCN(C(=O)O)C(CCSCCCC)C(=O)O. The number of aliphatic carboxylic acids is 1. The molecule has 0 saturated heterocycles. The number of hydrogen-bond donors (Lipinski definition) is 2. The molecule has 0 saturated carbocycles. The molecule has 20 heavy (non-hydrogen) atoms. The van der Waals surface area contributed by atoms with Crippen LogP contribution < -0.4 is 0 Å². The molecular weight excluding hydrogens is 278 g/mol. The molecule has 6 heteroatoms. The molecule has 0 spiro atoms. The number of unbranched alkanes of at least 4 members (excludes halogenated alkanes) is 3. The predicted octanol–water partition coefficient (Wildman–Crippen LogP) is 3.53. The molecule has 0 aliphatic rings. The zero-order valence-electron chi connectivity index (χ0n) is 12.5. The lowest BCUT2D eigenvalue weighted by atomic mass is 10.1. The van der Waals surface area contributed by atoms with Crippen LogP contribution in [-0.2, 0) is 4.79 Å². The van der Waals surface area contributed by atoms with E-state index < -0.39 is 18.1 Å². The first-order valence-electron chi connectivity index (χ1n) is 7.34. The van der Waals surface area contributed by atoms with Gasteiger partial charge in [-0.1, -0.05) is 33.1 Å². The summed E-state index contributed by atoms with van der Waals surface area (Å²) in [4.78, 5) is 23.6. The quantitative estimate of drug-likeness (QED) is 0.539. The Morgan fingerprint density at radius 2 is 1.70 bits per heavy atom. The number of hydrogen-bond acceptors (Lipinski definition) is 3. The number of thioether (sulfide) groups is 1. The lowest BCUT2D eigenvalue weighted by molar-refractivity contribution is -0.142. The van der Waals surface area contributed by atoms with E-state index in [1.807, 2.05) is 6.92 Å². The highest BCUT2D eigenvalue weighted by atomic mass is 32.2. The summed E-state index contributed by atoms with van der Waals surface area (Å²) in [7, 11) is 0. The Balaban J connectivity index is 4.34. The molecule has 0 aromatic heterocycles. The summed E-state index contributed by atoms with van der Waals surface area (Å²) >= 11 is 1.70. The van der Waals surface area contributed by atoms with E-state index in [0.717, 1.165) is 42.8 Å². The maximum Gasteiger partial charge on any atom is 0.408 e. The minimum absolute atomic E-state index is 0.305. The molecular formula is C14H27NO4S. The molecule has 118 valence electrons. The van der Waals surface area contributed by atoms with Gasteiger partial charge in [0.05, 0.1) is 0 Å². The normalized spacial score (nSPS) is 12.1. The van der Waals surface area contributed by atoms with Crippen molar-refractivity contribution >= 4 is 23.8 Å². The van der Waals surface area contributed by atoms with Gasteiger partial charge in [-0.2, -0.15) is 11.8 Å². The number of carbonyl (C=O) groups is 2. The van der Waals surface area contributed by atoms with Crippen LogP contribution in [0.3, 0.4) is 0 Å². The number of amides is 1. The van der Waals surface area contributed by atoms with Crippen molar-refractivity contribution in [2.75, 3.05) is 18.1 Å². The van der Waals surface area contributed by atoms with Crippen LogP contribution in [0.25, 0.3) is 0 Å². The van der Waals surface area contributed by atoms with E-state index in [0.29, 0.717) is 18.7 Å². The second-order valence-electron chi connectivity index (χ2n) is 4.79. The van der Waals surface area contributed by atoms with Gasteiger partial charge in [-0.3, -0.25) is 4.90 Å². The highest BCUT2D eigenvalue weighted by Crippen LogP contribution is 2.14. The molecule has 0 rings (SSSR count). The molecule has 0 radical (unpaired) electrons. The van der Waals surface area contributed by atoms with Gasteiger partial charge in [0.1, 0.15) is 6.04 Å². The van der Waals surface area contributed by atoms with Crippen molar-refractivity contribution in [3.05, 3.63) is 0 Å². The third kappa shape index (κ3) is 8.30. The van der Waals surface area contributed by atoms with Crippen LogP contribution in [0.1, 0.15) is 52.4 Å². The minimum atomic E-state index is -1.13. The van der Waals surface area contributed by atoms with Crippen LogP contribution in [-0.4, -0.2) is 51.3 Å². The van der Waals surface area contributed by atoms with Gasteiger partial charge in [-0.25, -0.2) is 9.59 Å². The molecule has 0 aliphatic carbocycles. The Bertz CT molecular complexity index is 286. The van der Waals surface area contributed by atoms with E-state index in [2.05, 4.69) is 6.92 Å². The average molecular weight is 305 g/mol. The Labute approximate surface area is 125 Å². The van der Waals surface area contributed by atoms with Crippen molar-refractivity contribution < 1.29 is 19.8 Å². The van der Waals surface area contributed by atoms with Gasteiger partial charge in [0.15, 0.2) is 0 Å². The highest BCUT2D eigenvalue weighted by molar-refractivity contribution is 7.99. The third-order valence-corrected chi connectivity index (χ3v) is 4.19. The number of nitrogens with zero attached hydrogens (tertiary/aromatic N) is 1. The second kappa shape index (κ2) is 11.9. The lowest BCUT2D eigenvalue weighted by Crippen LogP contribution is -2.45. The Kier molecular flexibility index (Phi) is 11.3. The van der Waals surface area contributed by atoms with Crippen LogP contribution >= 0.6 is 11.8 Å². The Morgan fingerprint density at radius 1 is 1.05 bits per heavy atom. The van der Waals surface area contributed by atoms with E-state index in [1.54, 1.807) is 11.8 Å². The van der Waals surface area contributed by atoms with Gasteiger partial charge in [0, 0.05) is 6.54 Å². The van der Waals surface area contributed by atoms with Crippen molar-refractivity contribution in [1.29, 1.82) is 0 Å². The van der Waals surface area contributed by atoms with Gasteiger partial charge in [0.2, 0.25) is 0 Å². The molecule has 0 aromatic rings. The van der Waals surface area contributed by atoms with Gasteiger partial charge >= 0.3 is 12.1 Å². The van der Waals surface area contributed by atoms with Crippen LogP contribution in [0.15, 0.2) is 0 Å². The molecule has 2 N–H and O–H groups in total. The fourth-order valence-electron chi connectivity index (χ4n) is 1.87. The first kappa shape index (κ1) is 19.1. The zero-order chi connectivity index (χ0) is 15.4. The summed E-state index contributed by atoms with van der Waals surface area (Å²) in [6.07, 6.45) is 4.10. The second-order valence-corrected chi connectivity index (χ2v) is 6.02. The molecule has 0 fully saturated rings. The third-order valence-electron chi connectivity index (χ3n) is 3.09. The fourth-order valence-corrected chi connectivity index (χ4v) is 2.96. The first-order valence-corrected chi connectivity index (χ1v) is 8.50. The maximum atomic E-state index is 11.3. The van der Waals surface area contributed by atoms with Crippen LogP contribution in [0.2, 0.25) is 0 Å². The number of carboxylic acid groups (broad SMARTS) is 2. The summed E-state index contributed by atoms with van der Waals surface area (Å²) in [6, 6.07) is -0.918. The van der Waals surface area contributed by atoms with E-state index in [4.69, 9.17) is 0 Å². The lowest BCUT2D eigenvalue weighted by Gasteiger charge is -2.26. The summed E-state index contributed by atoms with van der Waals surface area (Å²) < 4.78 is 0. The van der Waals surface area contributed by atoms with Crippen molar-refractivity contribution in [2.45, 2.75) is 58.4 Å². The molecule has 5 nitrogen and oxygen atoms in total.